The van der Waals surface area contributed by atoms with Crippen LogP contribution in [0.15, 0.2) is 24.3 Å². The Labute approximate surface area is 220 Å². The van der Waals surface area contributed by atoms with Crippen molar-refractivity contribution >= 4 is 29.2 Å². The number of carbonyl (C=O) groups excluding carboxylic acids is 4. The molecule has 0 radical (unpaired) electrons. The van der Waals surface area contributed by atoms with Crippen LogP contribution < -0.4 is 10.2 Å². The fraction of sp³-hybridized carbons (Fsp3) is 0.655. The number of hydrogen-bond donors (Lipinski definition) is 1. The van der Waals surface area contributed by atoms with Gasteiger partial charge in [-0.2, -0.15) is 0 Å². The van der Waals surface area contributed by atoms with Crippen molar-refractivity contribution in [2.24, 2.45) is 11.8 Å². The number of fused-ring (bicyclic) bond motifs is 1. The van der Waals surface area contributed by atoms with Crippen LogP contribution in [0, 0.1) is 11.8 Å². The Morgan fingerprint density at radius 3 is 2.30 bits per heavy atom. The molecule has 3 fully saturated rings. The van der Waals surface area contributed by atoms with Crippen LogP contribution in [-0.4, -0.2) is 78.6 Å². The van der Waals surface area contributed by atoms with E-state index in [2.05, 4.69) is 5.32 Å². The molecule has 0 bridgehead atoms. The van der Waals surface area contributed by atoms with Crippen LogP contribution in [-0.2, 0) is 14.4 Å². The van der Waals surface area contributed by atoms with Crippen LogP contribution in [0.5, 0.6) is 0 Å². The molecule has 2 heterocycles. The molecule has 1 aliphatic carbocycles. The number of nitrogens with one attached hydrogen (secondary N) is 1. The molecule has 0 unspecified atom stereocenters. The van der Waals surface area contributed by atoms with Gasteiger partial charge in [0.2, 0.25) is 11.8 Å². The number of benzene rings is 1. The van der Waals surface area contributed by atoms with E-state index in [4.69, 9.17) is 0 Å². The molecule has 1 aromatic carbocycles. The van der Waals surface area contributed by atoms with Gasteiger partial charge in [-0.25, -0.2) is 0 Å². The highest BCUT2D eigenvalue weighted by molar-refractivity contribution is 6.01. The Kier molecular flexibility index (Phi) is 8.55. The standard InChI is InChI=1S/C29H42N4O4/c1-19(2)16-23(30-28(36)21-10-12-22(13-11-21)31(3)4)29(37)32-15-14-24-27(32)25(34)18-33(24)26(35)17-20-8-6-5-7-9-20/h10-13,19-20,23-24,27H,5-9,14-18H2,1-4H3,(H,30,36)/t23-,24+,27-/m0/s1. The molecule has 202 valence electrons. The second-order valence-corrected chi connectivity index (χ2v) is 11.6. The summed E-state index contributed by atoms with van der Waals surface area (Å²) in [5.41, 5.74) is 1.47. The van der Waals surface area contributed by atoms with Gasteiger partial charge >= 0.3 is 0 Å². The van der Waals surface area contributed by atoms with Crippen LogP contribution in [0.1, 0.15) is 75.6 Å². The highest BCUT2D eigenvalue weighted by Gasteiger charge is 2.52. The third kappa shape index (κ3) is 6.16. The Bertz CT molecular complexity index is 1000. The van der Waals surface area contributed by atoms with Crippen molar-refractivity contribution in [3.8, 4) is 0 Å². The number of Topliss-reactive ketones (excluding diaryl/α,β-unsaturated/α-hetero) is 1. The van der Waals surface area contributed by atoms with Gasteiger partial charge in [0.05, 0.1) is 12.6 Å². The summed E-state index contributed by atoms with van der Waals surface area (Å²) in [5, 5.41) is 2.94. The number of ketones is 1. The van der Waals surface area contributed by atoms with E-state index in [1.165, 1.54) is 19.3 Å². The molecule has 0 aromatic heterocycles. The number of anilines is 1. The molecule has 1 N–H and O–H groups in total. The molecule has 2 aliphatic heterocycles. The first kappa shape index (κ1) is 27.1. The summed E-state index contributed by atoms with van der Waals surface area (Å²) in [6.07, 6.45) is 7.34. The molecule has 3 amide bonds. The van der Waals surface area contributed by atoms with E-state index in [9.17, 15) is 19.2 Å². The monoisotopic (exact) mass is 510 g/mol. The predicted octanol–water partition coefficient (Wildman–Crippen LogP) is 3.25. The zero-order valence-electron chi connectivity index (χ0n) is 22.7. The Morgan fingerprint density at radius 2 is 1.68 bits per heavy atom. The lowest BCUT2D eigenvalue weighted by molar-refractivity contribution is -0.138. The molecule has 1 aromatic rings. The number of likely N-dealkylation sites (tertiary alicyclic amines) is 2. The zero-order valence-corrected chi connectivity index (χ0v) is 22.7. The number of nitrogens with zero attached hydrogens (tertiary/aromatic N) is 3. The van der Waals surface area contributed by atoms with Gasteiger partial charge in [-0.1, -0.05) is 33.1 Å². The number of rotatable bonds is 8. The van der Waals surface area contributed by atoms with Crippen molar-refractivity contribution in [3.05, 3.63) is 29.8 Å². The SMILES string of the molecule is CC(C)C[C@H](NC(=O)c1ccc(N(C)C)cc1)C(=O)N1CC[C@@H]2[C@H]1C(=O)CN2C(=O)CC1CCCCC1. The van der Waals surface area contributed by atoms with E-state index in [0.29, 0.717) is 37.3 Å². The van der Waals surface area contributed by atoms with E-state index >= 15 is 0 Å². The lowest BCUT2D eigenvalue weighted by Crippen LogP contribution is -2.53. The van der Waals surface area contributed by atoms with Gasteiger partial charge in [0.1, 0.15) is 12.1 Å². The van der Waals surface area contributed by atoms with E-state index in [1.807, 2.05) is 45.0 Å². The Balaban J connectivity index is 1.43. The van der Waals surface area contributed by atoms with Crippen LogP contribution in [0.25, 0.3) is 0 Å². The van der Waals surface area contributed by atoms with Gasteiger partial charge in [-0.15, -0.1) is 0 Å². The van der Waals surface area contributed by atoms with E-state index in [0.717, 1.165) is 18.5 Å². The van der Waals surface area contributed by atoms with Crippen molar-refractivity contribution in [2.75, 3.05) is 32.1 Å². The molecule has 4 rings (SSSR count). The van der Waals surface area contributed by atoms with Crippen molar-refractivity contribution < 1.29 is 19.2 Å². The third-order valence-corrected chi connectivity index (χ3v) is 8.17. The molecule has 8 heteroatoms. The summed E-state index contributed by atoms with van der Waals surface area (Å²) >= 11 is 0. The van der Waals surface area contributed by atoms with Crippen molar-refractivity contribution in [3.63, 3.8) is 0 Å². The third-order valence-electron chi connectivity index (χ3n) is 8.17. The largest absolute Gasteiger partial charge is 0.378 e. The number of amides is 3. The van der Waals surface area contributed by atoms with Crippen molar-refractivity contribution in [1.82, 2.24) is 15.1 Å². The van der Waals surface area contributed by atoms with E-state index in [1.54, 1.807) is 21.9 Å². The van der Waals surface area contributed by atoms with Gasteiger partial charge in [0, 0.05) is 38.3 Å². The summed E-state index contributed by atoms with van der Waals surface area (Å²) in [7, 11) is 3.87. The maximum Gasteiger partial charge on any atom is 0.251 e. The van der Waals surface area contributed by atoms with Crippen LogP contribution in [0.2, 0.25) is 0 Å². The Hall–Kier alpha value is -2.90. The molecule has 37 heavy (non-hydrogen) atoms. The van der Waals surface area contributed by atoms with Crippen molar-refractivity contribution in [2.45, 2.75) is 83.3 Å². The summed E-state index contributed by atoms with van der Waals surface area (Å²) < 4.78 is 0. The molecular weight excluding hydrogens is 468 g/mol. The van der Waals surface area contributed by atoms with Gasteiger partial charge in [-0.3, -0.25) is 19.2 Å². The lowest BCUT2D eigenvalue weighted by Gasteiger charge is -2.29. The van der Waals surface area contributed by atoms with Crippen LogP contribution >= 0.6 is 0 Å². The highest BCUT2D eigenvalue weighted by Crippen LogP contribution is 2.33. The quantitative estimate of drug-likeness (QED) is 0.580. The molecule has 0 spiro atoms. The maximum atomic E-state index is 13.7. The molecule has 1 saturated carbocycles. The average molecular weight is 511 g/mol. The molecule has 8 nitrogen and oxygen atoms in total. The minimum atomic E-state index is -0.723. The number of carbonyl (C=O) groups is 4. The fourth-order valence-corrected chi connectivity index (χ4v) is 6.19. The van der Waals surface area contributed by atoms with E-state index < -0.39 is 12.1 Å². The van der Waals surface area contributed by atoms with Crippen LogP contribution in [0.3, 0.4) is 0 Å². The summed E-state index contributed by atoms with van der Waals surface area (Å²) in [4.78, 5) is 58.3. The summed E-state index contributed by atoms with van der Waals surface area (Å²) in [6.45, 7) is 4.54. The first-order valence-electron chi connectivity index (χ1n) is 13.9. The molecule has 2 saturated heterocycles. The smallest absolute Gasteiger partial charge is 0.251 e. The predicted molar refractivity (Wildman–Crippen MR) is 143 cm³/mol. The van der Waals surface area contributed by atoms with Gasteiger partial charge in [0.15, 0.2) is 5.78 Å². The first-order valence-corrected chi connectivity index (χ1v) is 13.9. The summed E-state index contributed by atoms with van der Waals surface area (Å²) in [6, 6.07) is 5.67. The maximum absolute atomic E-state index is 13.7. The lowest BCUT2D eigenvalue weighted by atomic mass is 9.86. The van der Waals surface area contributed by atoms with Crippen LogP contribution in [0.4, 0.5) is 5.69 Å². The summed E-state index contributed by atoms with van der Waals surface area (Å²) in [5.74, 6) is 0.0389. The second kappa shape index (κ2) is 11.7. The molecule has 3 aliphatic rings. The van der Waals surface area contributed by atoms with Gasteiger partial charge < -0.3 is 20.0 Å². The fourth-order valence-electron chi connectivity index (χ4n) is 6.19. The second-order valence-electron chi connectivity index (χ2n) is 11.6. The minimum Gasteiger partial charge on any atom is -0.378 e. The van der Waals surface area contributed by atoms with Crippen molar-refractivity contribution in [1.29, 1.82) is 0 Å². The number of hydrogen-bond acceptors (Lipinski definition) is 5. The average Bonchev–Trinajstić information content (AvgIpc) is 3.45. The Morgan fingerprint density at radius 1 is 1.00 bits per heavy atom. The van der Waals surface area contributed by atoms with Gasteiger partial charge in [0.25, 0.3) is 5.91 Å². The van der Waals surface area contributed by atoms with Gasteiger partial charge in [-0.05, 0) is 61.8 Å². The molecule has 3 atom stereocenters. The first-order chi connectivity index (χ1) is 17.7. The van der Waals surface area contributed by atoms with E-state index in [-0.39, 0.29) is 42.0 Å². The minimum absolute atomic E-state index is 0.0512. The topological polar surface area (TPSA) is 90.0 Å². The zero-order chi connectivity index (χ0) is 26.7. The normalized spacial score (nSPS) is 22.8. The molecular formula is C29H42N4O4. The highest BCUT2D eigenvalue weighted by atomic mass is 16.2.